The van der Waals surface area contributed by atoms with Gasteiger partial charge in [-0.05, 0) is 18.2 Å². The molecule has 0 atom stereocenters. The summed E-state index contributed by atoms with van der Waals surface area (Å²) in [6.45, 7) is 0.932. The van der Waals surface area contributed by atoms with Crippen molar-refractivity contribution in [1.29, 1.82) is 0 Å². The van der Waals surface area contributed by atoms with Gasteiger partial charge in [0.2, 0.25) is 11.8 Å². The predicted molar refractivity (Wildman–Crippen MR) is 72.2 cm³/mol. The Morgan fingerprint density at radius 1 is 1.12 bits per heavy atom. The van der Waals surface area contributed by atoms with Gasteiger partial charge in [-0.2, -0.15) is 40.8 Å². The molecule has 0 saturated carbocycles. The number of amides is 1. The first-order valence-electron chi connectivity index (χ1n) is 6.65. The fourth-order valence-corrected chi connectivity index (χ4v) is 1.73. The maximum absolute atomic E-state index is 13.8. The van der Waals surface area contributed by atoms with E-state index in [4.69, 9.17) is 0 Å². The van der Waals surface area contributed by atoms with Crippen molar-refractivity contribution in [1.82, 2.24) is 14.8 Å². The fraction of sp³-hybridized carbons (Fsp3) is 0.308. The Balaban J connectivity index is 2.57. The van der Waals surface area contributed by atoms with Gasteiger partial charge in [0.25, 0.3) is 0 Å². The van der Waals surface area contributed by atoms with E-state index in [1.54, 1.807) is 0 Å². The number of nitrogens with one attached hydrogen (secondary N) is 1. The summed E-state index contributed by atoms with van der Waals surface area (Å²) in [6, 6.07) is 3.41. The Hall–Kier alpha value is -2.86. The van der Waals surface area contributed by atoms with Crippen molar-refractivity contribution < 1.29 is 40.3 Å². The van der Waals surface area contributed by atoms with Crippen LogP contribution in [0.1, 0.15) is 6.92 Å². The molecular formula is C13H9F7N4O2. The summed E-state index contributed by atoms with van der Waals surface area (Å²) >= 11 is 0. The van der Waals surface area contributed by atoms with E-state index < -0.39 is 35.7 Å². The number of anilines is 1. The number of hydrogen-bond acceptors (Lipinski definition) is 4. The van der Waals surface area contributed by atoms with Gasteiger partial charge in [0.05, 0.1) is 0 Å². The first-order chi connectivity index (χ1) is 11.8. The highest BCUT2D eigenvalue weighted by molar-refractivity contribution is 5.90. The minimum atomic E-state index is -6.46. The topological polar surface area (TPSA) is 69.0 Å². The zero-order chi connectivity index (χ0) is 19.8. The van der Waals surface area contributed by atoms with Crippen LogP contribution in [0.4, 0.5) is 36.4 Å². The van der Waals surface area contributed by atoms with Gasteiger partial charge in [-0.15, -0.1) is 0 Å². The molecule has 13 heteroatoms. The van der Waals surface area contributed by atoms with E-state index in [2.05, 4.69) is 14.8 Å². The molecule has 2 aromatic heterocycles. The number of halogens is 7. The molecule has 0 spiro atoms. The van der Waals surface area contributed by atoms with Crippen LogP contribution in [0.3, 0.4) is 0 Å². The van der Waals surface area contributed by atoms with E-state index in [-0.39, 0.29) is 5.82 Å². The minimum Gasteiger partial charge on any atom is -0.424 e. The molecule has 0 aliphatic rings. The fourth-order valence-electron chi connectivity index (χ4n) is 1.73. The molecule has 6 nitrogen and oxygen atoms in total. The van der Waals surface area contributed by atoms with Crippen LogP contribution in [0.15, 0.2) is 30.6 Å². The van der Waals surface area contributed by atoms with Gasteiger partial charge in [0.15, 0.2) is 5.82 Å². The van der Waals surface area contributed by atoms with E-state index >= 15 is 0 Å². The Labute approximate surface area is 140 Å². The third kappa shape index (κ3) is 3.70. The lowest BCUT2D eigenvalue weighted by atomic mass is 10.3. The Kier molecular flexibility index (Phi) is 4.84. The summed E-state index contributed by atoms with van der Waals surface area (Å²) in [5.74, 6) is -8.59. The Morgan fingerprint density at radius 2 is 1.73 bits per heavy atom. The highest BCUT2D eigenvalue weighted by Gasteiger charge is 2.76. The van der Waals surface area contributed by atoms with Crippen LogP contribution in [-0.2, 0) is 4.79 Å². The van der Waals surface area contributed by atoms with Crippen molar-refractivity contribution >= 4 is 11.6 Å². The molecule has 26 heavy (non-hydrogen) atoms. The van der Waals surface area contributed by atoms with Crippen molar-refractivity contribution in [3.63, 3.8) is 0 Å². The second kappa shape index (κ2) is 6.46. The van der Waals surface area contributed by atoms with E-state index in [0.717, 1.165) is 23.7 Å². The summed E-state index contributed by atoms with van der Waals surface area (Å²) in [6.07, 6.45) is -10.4. The number of rotatable bonds is 4. The molecule has 0 unspecified atom stereocenters. The number of pyridine rings is 1. The Bertz CT molecular complexity index is 773. The molecule has 0 fully saturated rings. The molecular weight excluding hydrogens is 377 g/mol. The number of nitrogens with zero attached hydrogens (tertiary/aromatic N) is 3. The molecule has 2 heterocycles. The van der Waals surface area contributed by atoms with E-state index in [1.807, 2.05) is 5.32 Å². The van der Waals surface area contributed by atoms with Crippen LogP contribution in [-0.4, -0.2) is 38.9 Å². The largest absolute Gasteiger partial charge is 0.470 e. The molecule has 0 bridgehead atoms. The van der Waals surface area contributed by atoms with Gasteiger partial charge in [-0.25, -0.2) is 4.68 Å². The molecule has 0 saturated heterocycles. The Morgan fingerprint density at radius 3 is 2.19 bits per heavy atom. The van der Waals surface area contributed by atoms with E-state index in [1.165, 1.54) is 18.5 Å². The van der Waals surface area contributed by atoms with Crippen molar-refractivity contribution in [2.75, 3.05) is 5.32 Å². The lowest BCUT2D eigenvalue weighted by Gasteiger charge is -2.30. The number of carbonyl (C=O) groups is 1. The smallest absolute Gasteiger partial charge is 0.424 e. The van der Waals surface area contributed by atoms with Gasteiger partial charge in [0, 0.05) is 19.3 Å². The summed E-state index contributed by atoms with van der Waals surface area (Å²) in [5, 5.41) is 5.60. The highest BCUT2D eigenvalue weighted by Crippen LogP contribution is 2.47. The summed E-state index contributed by atoms with van der Waals surface area (Å²) in [4.78, 5) is 14.5. The maximum Gasteiger partial charge on any atom is 0.470 e. The molecule has 2 rings (SSSR count). The average Bonchev–Trinajstić information content (AvgIpc) is 3.00. The van der Waals surface area contributed by atoms with Crippen LogP contribution in [0.25, 0.3) is 5.82 Å². The van der Waals surface area contributed by atoms with Crippen molar-refractivity contribution in [2.45, 2.75) is 25.1 Å². The monoisotopic (exact) mass is 386 g/mol. The second-order valence-corrected chi connectivity index (χ2v) is 4.85. The summed E-state index contributed by atoms with van der Waals surface area (Å²) < 4.78 is 94.6. The van der Waals surface area contributed by atoms with Crippen molar-refractivity contribution in [3.05, 3.63) is 30.6 Å². The zero-order valence-corrected chi connectivity index (χ0v) is 12.7. The lowest BCUT2D eigenvalue weighted by molar-refractivity contribution is -0.406. The number of aromatic nitrogens is 3. The maximum atomic E-state index is 13.8. The first kappa shape index (κ1) is 19.5. The lowest BCUT2D eigenvalue weighted by Crippen LogP contribution is -2.57. The van der Waals surface area contributed by atoms with Gasteiger partial charge in [0.1, 0.15) is 5.69 Å². The molecule has 2 aromatic rings. The van der Waals surface area contributed by atoms with Crippen LogP contribution >= 0.6 is 0 Å². The third-order valence-corrected chi connectivity index (χ3v) is 2.86. The van der Waals surface area contributed by atoms with E-state index in [0.29, 0.717) is 0 Å². The third-order valence-electron chi connectivity index (χ3n) is 2.86. The predicted octanol–water partition coefficient (Wildman–Crippen LogP) is 3.39. The average molecular weight is 386 g/mol. The number of ether oxygens (including phenoxy) is 1. The molecule has 0 aromatic carbocycles. The molecule has 0 radical (unpaired) electrons. The van der Waals surface area contributed by atoms with Gasteiger partial charge < -0.3 is 10.1 Å². The van der Waals surface area contributed by atoms with Gasteiger partial charge in [-0.1, -0.05) is 0 Å². The number of alkyl halides is 7. The molecule has 1 N–H and O–H groups in total. The molecule has 0 aliphatic carbocycles. The second-order valence-electron chi connectivity index (χ2n) is 4.85. The quantitative estimate of drug-likeness (QED) is 0.818. The van der Waals surface area contributed by atoms with Crippen LogP contribution in [0.5, 0.6) is 5.88 Å². The normalized spacial score (nSPS) is 12.8. The highest BCUT2D eigenvalue weighted by atomic mass is 19.4. The minimum absolute atomic E-state index is 0.272. The van der Waals surface area contributed by atoms with Crippen LogP contribution in [0.2, 0.25) is 0 Å². The SMILES string of the molecule is CC(=O)Nc1ccc(-n2cccn2)nc1OC(F)(C(F)(F)F)C(F)(F)F. The van der Waals surface area contributed by atoms with Crippen LogP contribution < -0.4 is 10.1 Å². The van der Waals surface area contributed by atoms with E-state index in [9.17, 15) is 35.5 Å². The van der Waals surface area contributed by atoms with Gasteiger partial charge >= 0.3 is 18.2 Å². The first-order valence-corrected chi connectivity index (χ1v) is 6.65. The van der Waals surface area contributed by atoms with Crippen molar-refractivity contribution in [3.8, 4) is 11.7 Å². The molecule has 0 aliphatic heterocycles. The number of hydrogen-bond donors (Lipinski definition) is 1. The summed E-state index contributed by atoms with van der Waals surface area (Å²) in [5.41, 5.74) is -0.691. The van der Waals surface area contributed by atoms with Gasteiger partial charge in [-0.3, -0.25) is 4.79 Å². The summed E-state index contributed by atoms with van der Waals surface area (Å²) in [7, 11) is 0. The van der Waals surface area contributed by atoms with Crippen molar-refractivity contribution in [2.24, 2.45) is 0 Å². The number of carbonyl (C=O) groups excluding carboxylic acids is 1. The standard InChI is InChI=1S/C13H9F7N4O2/c1-7(25)22-8-3-4-9(24-6-2-5-21-24)23-10(8)26-11(14,12(15,16)17)13(18,19)20/h2-6H,1H3,(H,22,25). The zero-order valence-electron chi connectivity index (χ0n) is 12.7. The molecule has 1 amide bonds. The molecule has 142 valence electrons. The van der Waals surface area contributed by atoms with Crippen LogP contribution in [0, 0.1) is 0 Å².